The second-order valence-electron chi connectivity index (χ2n) is 5.76. The molecule has 8 heteroatoms. The number of nitrogens with two attached hydrogens (primary N) is 1. The van der Waals surface area contributed by atoms with Crippen LogP contribution in [0.25, 0.3) is 0 Å². The topological polar surface area (TPSA) is 97.8 Å². The summed E-state index contributed by atoms with van der Waals surface area (Å²) in [5, 5.41) is 2.94. The van der Waals surface area contributed by atoms with Crippen LogP contribution < -0.4 is 11.1 Å². The number of rotatable bonds is 7. The Morgan fingerprint density at radius 2 is 2.25 bits per heavy atom. The van der Waals surface area contributed by atoms with E-state index >= 15 is 0 Å². The van der Waals surface area contributed by atoms with Crippen molar-refractivity contribution in [3.63, 3.8) is 0 Å². The molecule has 2 rings (SSSR count). The molecule has 0 spiro atoms. The van der Waals surface area contributed by atoms with Gasteiger partial charge in [0.05, 0.1) is 19.2 Å². The molecule has 3 N–H and O–H groups in total. The normalized spacial score (nSPS) is 17.8. The van der Waals surface area contributed by atoms with E-state index in [9.17, 15) is 9.59 Å². The summed E-state index contributed by atoms with van der Waals surface area (Å²) < 4.78 is 10.1. The molecule has 0 saturated carbocycles. The largest absolute Gasteiger partial charge is 0.467 e. The maximum Gasteiger partial charge on any atom is 0.341 e. The zero-order valence-electron chi connectivity index (χ0n) is 14.0. The number of likely N-dealkylation sites (tertiary alicyclic amines) is 1. The number of carbonyl (C=O) groups is 2. The maximum atomic E-state index is 11.6. The molecule has 1 aromatic heterocycles. The van der Waals surface area contributed by atoms with Gasteiger partial charge < -0.3 is 20.2 Å². The number of piperidine rings is 1. The van der Waals surface area contributed by atoms with Gasteiger partial charge in [-0.1, -0.05) is 6.42 Å². The van der Waals surface area contributed by atoms with Crippen molar-refractivity contribution in [3.8, 4) is 0 Å². The van der Waals surface area contributed by atoms with E-state index in [4.69, 9.17) is 10.2 Å². The van der Waals surface area contributed by atoms with Gasteiger partial charge in [0.15, 0.2) is 0 Å². The zero-order chi connectivity index (χ0) is 16.7. The Labute approximate surface area is 148 Å². The third-order valence-electron chi connectivity index (χ3n) is 4.09. The number of esters is 1. The monoisotopic (exact) mass is 359 g/mol. The fourth-order valence-corrected chi connectivity index (χ4v) is 2.84. The van der Waals surface area contributed by atoms with Gasteiger partial charge in [0.1, 0.15) is 12.0 Å². The molecule has 1 fully saturated rings. The maximum absolute atomic E-state index is 11.6. The Balaban J connectivity index is 0.00000288. The Bertz CT molecular complexity index is 535. The van der Waals surface area contributed by atoms with E-state index in [0.29, 0.717) is 31.6 Å². The molecule has 1 saturated heterocycles. The van der Waals surface area contributed by atoms with Crippen molar-refractivity contribution in [1.82, 2.24) is 10.2 Å². The summed E-state index contributed by atoms with van der Waals surface area (Å²) in [6, 6.07) is 1.99. The molecule has 0 aliphatic carbocycles. The lowest BCUT2D eigenvalue weighted by Gasteiger charge is -2.35. The summed E-state index contributed by atoms with van der Waals surface area (Å²) in [5.74, 6) is 0.318. The average molecular weight is 360 g/mol. The fourth-order valence-electron chi connectivity index (χ4n) is 2.84. The first kappa shape index (κ1) is 20.5. The molecule has 1 aliphatic heterocycles. The summed E-state index contributed by atoms with van der Waals surface area (Å²) in [4.78, 5) is 25.3. The highest BCUT2D eigenvalue weighted by Crippen LogP contribution is 2.20. The molecule has 0 radical (unpaired) electrons. The van der Waals surface area contributed by atoms with Gasteiger partial charge in [-0.25, -0.2) is 4.79 Å². The van der Waals surface area contributed by atoms with E-state index < -0.39 is 5.97 Å². The van der Waals surface area contributed by atoms with Crippen molar-refractivity contribution in [2.45, 2.75) is 38.3 Å². The third kappa shape index (κ3) is 5.81. The van der Waals surface area contributed by atoms with Gasteiger partial charge >= 0.3 is 5.97 Å². The van der Waals surface area contributed by atoms with E-state index in [1.54, 1.807) is 6.07 Å². The van der Waals surface area contributed by atoms with Gasteiger partial charge in [-0.15, -0.1) is 12.4 Å². The summed E-state index contributed by atoms with van der Waals surface area (Å²) in [6.45, 7) is 2.55. The first-order valence-corrected chi connectivity index (χ1v) is 8.00. The highest BCUT2D eigenvalue weighted by atomic mass is 35.5. The van der Waals surface area contributed by atoms with Crippen molar-refractivity contribution in [1.29, 1.82) is 0 Å². The standard InChI is InChI=1S/C16H25N3O4.ClH/c1-22-16(21)12-8-14(23-11-12)10-19-7-3-2-4-13(19)9-18-15(20)5-6-17;/h8,11,13H,2-7,9-10,17H2,1H3,(H,18,20);1H. The van der Waals surface area contributed by atoms with Crippen molar-refractivity contribution in [3.05, 3.63) is 23.7 Å². The molecule has 1 atom stereocenters. The van der Waals surface area contributed by atoms with Gasteiger partial charge in [0, 0.05) is 25.6 Å². The number of ether oxygens (including phenoxy) is 1. The molecule has 0 bridgehead atoms. The third-order valence-corrected chi connectivity index (χ3v) is 4.09. The Morgan fingerprint density at radius 3 is 2.96 bits per heavy atom. The van der Waals surface area contributed by atoms with E-state index in [-0.39, 0.29) is 24.4 Å². The molecule has 136 valence electrons. The van der Waals surface area contributed by atoms with Gasteiger partial charge in [-0.3, -0.25) is 9.69 Å². The molecule has 1 amide bonds. The number of halogens is 1. The molecule has 24 heavy (non-hydrogen) atoms. The highest BCUT2D eigenvalue weighted by Gasteiger charge is 2.24. The minimum Gasteiger partial charge on any atom is -0.467 e. The number of nitrogens with zero attached hydrogens (tertiary/aromatic N) is 1. The summed E-state index contributed by atoms with van der Waals surface area (Å²) >= 11 is 0. The fraction of sp³-hybridized carbons (Fsp3) is 0.625. The van der Waals surface area contributed by atoms with Crippen LogP contribution >= 0.6 is 12.4 Å². The van der Waals surface area contributed by atoms with Crippen LogP contribution in [0, 0.1) is 0 Å². The predicted octanol–water partition coefficient (Wildman–Crippen LogP) is 1.31. The number of nitrogens with one attached hydrogen (secondary N) is 1. The van der Waals surface area contributed by atoms with Crippen LogP contribution in [0.5, 0.6) is 0 Å². The molecular formula is C16H26ClN3O4. The molecule has 1 unspecified atom stereocenters. The van der Waals surface area contributed by atoms with Crippen LogP contribution in [-0.2, 0) is 16.1 Å². The van der Waals surface area contributed by atoms with Gasteiger partial charge in [-0.2, -0.15) is 0 Å². The number of furan rings is 1. The van der Waals surface area contributed by atoms with E-state index in [0.717, 1.165) is 31.6 Å². The van der Waals surface area contributed by atoms with Crippen LogP contribution in [0.2, 0.25) is 0 Å². The SMILES string of the molecule is COC(=O)c1coc(CN2CCCCC2CNC(=O)CCN)c1.Cl. The van der Waals surface area contributed by atoms with E-state index in [1.165, 1.54) is 13.4 Å². The van der Waals surface area contributed by atoms with Crippen LogP contribution in [-0.4, -0.2) is 49.6 Å². The summed E-state index contributed by atoms with van der Waals surface area (Å²) in [6.07, 6.45) is 5.08. The van der Waals surface area contributed by atoms with Gasteiger partial charge in [-0.05, 0) is 25.5 Å². The van der Waals surface area contributed by atoms with Crippen LogP contribution in [0.3, 0.4) is 0 Å². The lowest BCUT2D eigenvalue weighted by Crippen LogP contribution is -2.46. The molecular weight excluding hydrogens is 334 g/mol. The Morgan fingerprint density at radius 1 is 1.46 bits per heavy atom. The number of hydrogen-bond donors (Lipinski definition) is 2. The minimum absolute atomic E-state index is 0. The zero-order valence-corrected chi connectivity index (χ0v) is 14.8. The van der Waals surface area contributed by atoms with E-state index in [1.807, 2.05) is 0 Å². The van der Waals surface area contributed by atoms with Crippen LogP contribution in [0.15, 0.2) is 16.7 Å². The number of methoxy groups -OCH3 is 1. The van der Waals surface area contributed by atoms with Crippen molar-refractivity contribution >= 4 is 24.3 Å². The van der Waals surface area contributed by atoms with E-state index in [2.05, 4.69) is 15.0 Å². The number of carbonyl (C=O) groups excluding carboxylic acids is 2. The Kier molecular flexibility index (Phi) is 8.81. The minimum atomic E-state index is -0.399. The number of hydrogen-bond acceptors (Lipinski definition) is 6. The predicted molar refractivity (Wildman–Crippen MR) is 92.0 cm³/mol. The van der Waals surface area contributed by atoms with Crippen molar-refractivity contribution < 1.29 is 18.7 Å². The van der Waals surface area contributed by atoms with Gasteiger partial charge in [0.2, 0.25) is 5.91 Å². The van der Waals surface area contributed by atoms with Crippen molar-refractivity contribution in [2.24, 2.45) is 5.73 Å². The lowest BCUT2D eigenvalue weighted by molar-refractivity contribution is -0.121. The number of amides is 1. The lowest BCUT2D eigenvalue weighted by atomic mass is 10.0. The molecule has 1 aromatic rings. The Hall–Kier alpha value is -1.57. The van der Waals surface area contributed by atoms with Crippen molar-refractivity contribution in [2.75, 3.05) is 26.7 Å². The highest BCUT2D eigenvalue weighted by molar-refractivity contribution is 5.88. The molecule has 7 nitrogen and oxygen atoms in total. The summed E-state index contributed by atoms with van der Waals surface area (Å²) in [7, 11) is 1.35. The molecule has 0 aromatic carbocycles. The molecule has 2 heterocycles. The van der Waals surface area contributed by atoms with Crippen LogP contribution in [0.1, 0.15) is 41.8 Å². The first-order valence-electron chi connectivity index (χ1n) is 8.00. The summed E-state index contributed by atoms with van der Waals surface area (Å²) in [5.41, 5.74) is 5.81. The second kappa shape index (κ2) is 10.3. The van der Waals surface area contributed by atoms with Crippen LogP contribution in [0.4, 0.5) is 0 Å². The quantitative estimate of drug-likeness (QED) is 0.712. The van der Waals surface area contributed by atoms with Gasteiger partial charge in [0.25, 0.3) is 0 Å². The second-order valence-corrected chi connectivity index (χ2v) is 5.76. The average Bonchev–Trinajstić information content (AvgIpc) is 3.02. The smallest absolute Gasteiger partial charge is 0.341 e. The molecule has 1 aliphatic rings. The first-order chi connectivity index (χ1) is 11.1.